The van der Waals surface area contributed by atoms with Crippen LogP contribution in [0, 0.1) is 6.92 Å². The molecule has 8 nitrogen and oxygen atoms in total. The quantitative estimate of drug-likeness (QED) is 0.674. The minimum atomic E-state index is -0.717. The molecule has 0 spiro atoms. The summed E-state index contributed by atoms with van der Waals surface area (Å²) >= 11 is 1.29. The number of rotatable bonds is 8. The van der Waals surface area contributed by atoms with Crippen molar-refractivity contribution in [2.45, 2.75) is 33.7 Å². The number of anilines is 1. The van der Waals surface area contributed by atoms with Gasteiger partial charge in [0.15, 0.2) is 6.61 Å². The van der Waals surface area contributed by atoms with Gasteiger partial charge >= 0.3 is 11.9 Å². The lowest BCUT2D eigenvalue weighted by atomic mass is 10.1. The lowest BCUT2D eigenvalue weighted by Gasteiger charge is -2.08. The third kappa shape index (κ3) is 5.29. The number of carbonyl (C=O) groups excluding carboxylic acids is 3. The van der Waals surface area contributed by atoms with Crippen molar-refractivity contribution in [3.8, 4) is 0 Å². The monoisotopic (exact) mass is 406 g/mol. The largest absolute Gasteiger partial charge is 0.462 e. The number of hydrogen-bond donors (Lipinski definition) is 1. The van der Waals surface area contributed by atoms with Gasteiger partial charge in [-0.1, -0.05) is 13.0 Å². The van der Waals surface area contributed by atoms with Crippen molar-refractivity contribution in [1.29, 1.82) is 0 Å². The molecule has 0 unspecified atom stereocenters. The number of ether oxygens (including phenoxy) is 2. The highest BCUT2D eigenvalue weighted by atomic mass is 32.1. The van der Waals surface area contributed by atoms with Crippen LogP contribution in [0.4, 0.5) is 5.00 Å². The van der Waals surface area contributed by atoms with Crippen LogP contribution in [0.2, 0.25) is 0 Å². The summed E-state index contributed by atoms with van der Waals surface area (Å²) < 4.78 is 11.2. The van der Waals surface area contributed by atoms with E-state index in [1.54, 1.807) is 26.0 Å². The summed E-state index contributed by atoms with van der Waals surface area (Å²) in [7, 11) is 0. The number of hydrogen-bond acceptors (Lipinski definition) is 7. The molecule has 28 heavy (non-hydrogen) atoms. The second-order valence-electron chi connectivity index (χ2n) is 5.80. The Labute approximate surface area is 166 Å². The molecule has 2 heterocycles. The van der Waals surface area contributed by atoms with Crippen LogP contribution in [-0.4, -0.2) is 35.6 Å². The van der Waals surface area contributed by atoms with E-state index in [-0.39, 0.29) is 18.7 Å². The van der Waals surface area contributed by atoms with Crippen LogP contribution in [0.1, 0.15) is 34.6 Å². The first-order chi connectivity index (χ1) is 13.4. The van der Waals surface area contributed by atoms with Crippen molar-refractivity contribution in [2.24, 2.45) is 0 Å². The second kappa shape index (κ2) is 9.84. The number of aromatic nitrogens is 1. The van der Waals surface area contributed by atoms with E-state index in [1.165, 1.54) is 28.2 Å². The number of amides is 1. The third-order valence-electron chi connectivity index (χ3n) is 3.86. The Kier molecular flexibility index (Phi) is 7.51. The zero-order valence-corrected chi connectivity index (χ0v) is 16.8. The van der Waals surface area contributed by atoms with Crippen molar-refractivity contribution in [3.05, 3.63) is 50.8 Å². The molecular weight excluding hydrogens is 384 g/mol. The van der Waals surface area contributed by atoms with E-state index in [2.05, 4.69) is 5.32 Å². The fraction of sp³-hybridized carbons (Fsp3) is 0.368. The average Bonchev–Trinajstić information content (AvgIpc) is 2.97. The standard InChI is InChI=1S/C19H22N2O6S/c1-4-13-12(3)17(19(25)26-5-2)18(28-13)20-14(22)11-27-16(24)10-21-9-7-6-8-15(21)23/h6-9H,4-5,10-11H2,1-3H3,(H,20,22). The van der Waals surface area contributed by atoms with Gasteiger partial charge in [0.25, 0.3) is 11.5 Å². The molecule has 0 radical (unpaired) electrons. The van der Waals surface area contributed by atoms with Crippen molar-refractivity contribution >= 4 is 34.2 Å². The van der Waals surface area contributed by atoms with Crippen LogP contribution in [0.25, 0.3) is 0 Å². The number of esters is 2. The van der Waals surface area contributed by atoms with Gasteiger partial charge in [0.05, 0.1) is 12.2 Å². The maximum absolute atomic E-state index is 12.2. The van der Waals surface area contributed by atoms with E-state index in [4.69, 9.17) is 9.47 Å². The molecule has 0 bridgehead atoms. The number of thiophene rings is 1. The molecule has 2 rings (SSSR count). The van der Waals surface area contributed by atoms with Gasteiger partial charge in [0.2, 0.25) is 0 Å². The Balaban J connectivity index is 2.01. The summed E-state index contributed by atoms with van der Waals surface area (Å²) in [5.74, 6) is -1.81. The molecule has 0 saturated carbocycles. The normalized spacial score (nSPS) is 10.4. The predicted molar refractivity (Wildman–Crippen MR) is 105 cm³/mol. The Morgan fingerprint density at radius 2 is 1.93 bits per heavy atom. The molecule has 2 aromatic heterocycles. The van der Waals surface area contributed by atoms with Crippen LogP contribution in [0.3, 0.4) is 0 Å². The van der Waals surface area contributed by atoms with Crippen molar-refractivity contribution in [2.75, 3.05) is 18.5 Å². The Bertz CT molecular complexity index is 931. The van der Waals surface area contributed by atoms with Crippen molar-refractivity contribution in [1.82, 2.24) is 4.57 Å². The summed E-state index contributed by atoms with van der Waals surface area (Å²) in [5.41, 5.74) is 0.741. The highest BCUT2D eigenvalue weighted by Crippen LogP contribution is 2.34. The molecule has 0 fully saturated rings. The van der Waals surface area contributed by atoms with Gasteiger partial charge in [0.1, 0.15) is 11.5 Å². The van der Waals surface area contributed by atoms with E-state index in [1.807, 2.05) is 6.92 Å². The highest BCUT2D eigenvalue weighted by Gasteiger charge is 2.23. The van der Waals surface area contributed by atoms with Gasteiger partial charge in [0, 0.05) is 17.1 Å². The predicted octanol–water partition coefficient (Wildman–Crippen LogP) is 2.14. The number of aryl methyl sites for hydroxylation is 1. The van der Waals surface area contributed by atoms with Crippen LogP contribution in [-0.2, 0) is 32.0 Å². The molecule has 0 aliphatic carbocycles. The average molecular weight is 406 g/mol. The molecule has 1 N–H and O–H groups in total. The number of carbonyl (C=O) groups is 3. The molecule has 0 atom stereocenters. The SMILES string of the molecule is CCOC(=O)c1c(NC(=O)COC(=O)Cn2ccccc2=O)sc(CC)c1C. The lowest BCUT2D eigenvalue weighted by Crippen LogP contribution is -2.27. The summed E-state index contributed by atoms with van der Waals surface area (Å²) in [6.45, 7) is 4.86. The topological polar surface area (TPSA) is 104 Å². The molecule has 150 valence electrons. The maximum atomic E-state index is 12.2. The first kappa shape index (κ1) is 21.4. The second-order valence-corrected chi connectivity index (χ2v) is 6.91. The third-order valence-corrected chi connectivity index (χ3v) is 5.21. The molecule has 0 saturated heterocycles. The summed E-state index contributed by atoms with van der Waals surface area (Å²) in [6.07, 6.45) is 2.16. The Morgan fingerprint density at radius 1 is 1.18 bits per heavy atom. The van der Waals surface area contributed by atoms with Gasteiger partial charge in [-0.25, -0.2) is 4.79 Å². The Morgan fingerprint density at radius 3 is 2.57 bits per heavy atom. The minimum Gasteiger partial charge on any atom is -0.462 e. The molecule has 0 aliphatic rings. The molecule has 2 aromatic rings. The molecule has 0 aliphatic heterocycles. The Hall–Kier alpha value is -2.94. The van der Waals surface area contributed by atoms with Crippen LogP contribution >= 0.6 is 11.3 Å². The summed E-state index contributed by atoms with van der Waals surface area (Å²) in [4.78, 5) is 48.8. The zero-order chi connectivity index (χ0) is 20.7. The van der Waals surface area contributed by atoms with Gasteiger partial charge in [-0.15, -0.1) is 11.3 Å². The first-order valence-electron chi connectivity index (χ1n) is 8.77. The lowest BCUT2D eigenvalue weighted by molar-refractivity contribution is -0.147. The van der Waals surface area contributed by atoms with E-state index < -0.39 is 24.5 Å². The molecule has 1 amide bonds. The van der Waals surface area contributed by atoms with E-state index in [9.17, 15) is 19.2 Å². The summed E-state index contributed by atoms with van der Waals surface area (Å²) in [6, 6.07) is 4.50. The van der Waals surface area contributed by atoms with E-state index in [0.29, 0.717) is 17.0 Å². The van der Waals surface area contributed by atoms with Crippen molar-refractivity contribution < 1.29 is 23.9 Å². The van der Waals surface area contributed by atoms with Crippen molar-refractivity contribution in [3.63, 3.8) is 0 Å². The molecular formula is C19H22N2O6S. The zero-order valence-electron chi connectivity index (χ0n) is 15.9. The number of nitrogens with zero attached hydrogens (tertiary/aromatic N) is 1. The number of pyridine rings is 1. The van der Waals surface area contributed by atoms with Gasteiger partial charge in [-0.2, -0.15) is 0 Å². The van der Waals surface area contributed by atoms with Crippen LogP contribution in [0.15, 0.2) is 29.2 Å². The number of nitrogens with one attached hydrogen (secondary N) is 1. The van der Waals surface area contributed by atoms with E-state index >= 15 is 0 Å². The fourth-order valence-electron chi connectivity index (χ4n) is 2.52. The van der Waals surface area contributed by atoms with Gasteiger partial charge in [-0.05, 0) is 31.9 Å². The fourth-order valence-corrected chi connectivity index (χ4v) is 3.67. The smallest absolute Gasteiger partial charge is 0.341 e. The summed E-state index contributed by atoms with van der Waals surface area (Å²) in [5, 5.41) is 2.98. The highest BCUT2D eigenvalue weighted by molar-refractivity contribution is 7.17. The van der Waals surface area contributed by atoms with Crippen LogP contribution in [0.5, 0.6) is 0 Å². The van der Waals surface area contributed by atoms with Gasteiger partial charge < -0.3 is 19.4 Å². The van der Waals surface area contributed by atoms with E-state index in [0.717, 1.165) is 10.4 Å². The first-order valence-corrected chi connectivity index (χ1v) is 9.59. The molecule has 9 heteroatoms. The van der Waals surface area contributed by atoms with Gasteiger partial charge in [-0.3, -0.25) is 14.4 Å². The minimum absolute atomic E-state index is 0.222. The molecule has 0 aromatic carbocycles. The maximum Gasteiger partial charge on any atom is 0.341 e. The van der Waals surface area contributed by atoms with Crippen LogP contribution < -0.4 is 10.9 Å².